The van der Waals surface area contributed by atoms with Crippen molar-refractivity contribution < 1.29 is 22.7 Å². The van der Waals surface area contributed by atoms with Gasteiger partial charge in [0.05, 0.1) is 37.2 Å². The highest BCUT2D eigenvalue weighted by Gasteiger charge is 2.30. The largest absolute Gasteiger partial charge is 0.497 e. The number of carbonyl (C=O) groups excluding carboxylic acids is 1. The number of hydrogen-bond donors (Lipinski definition) is 1. The van der Waals surface area contributed by atoms with Gasteiger partial charge in [-0.2, -0.15) is 0 Å². The highest BCUT2D eigenvalue weighted by Crippen LogP contribution is 2.31. The van der Waals surface area contributed by atoms with Crippen molar-refractivity contribution in [2.24, 2.45) is 0 Å². The number of ether oxygens (including phenoxy) is 2. The highest BCUT2D eigenvalue weighted by molar-refractivity contribution is 7.92. The number of rotatable bonds is 9. The van der Waals surface area contributed by atoms with Crippen LogP contribution < -0.4 is 19.1 Å². The molecule has 0 saturated carbocycles. The molecule has 164 valence electrons. The maximum absolute atomic E-state index is 13.0. The molecule has 0 heterocycles. The van der Waals surface area contributed by atoms with E-state index >= 15 is 0 Å². The van der Waals surface area contributed by atoms with Crippen molar-refractivity contribution in [3.05, 3.63) is 53.1 Å². The monoisotopic (exact) mass is 454 g/mol. The second-order valence-corrected chi connectivity index (χ2v) is 9.06. The normalized spacial score (nSPS) is 13.3. The molecule has 2 aromatic rings. The van der Waals surface area contributed by atoms with E-state index in [1.54, 1.807) is 19.2 Å². The van der Waals surface area contributed by atoms with Gasteiger partial charge < -0.3 is 14.8 Å². The summed E-state index contributed by atoms with van der Waals surface area (Å²) in [5.74, 6) is 0.708. The summed E-state index contributed by atoms with van der Waals surface area (Å²) < 4.78 is 36.3. The van der Waals surface area contributed by atoms with Gasteiger partial charge in [0.2, 0.25) is 15.9 Å². The third kappa shape index (κ3) is 5.58. The molecule has 30 heavy (non-hydrogen) atoms. The Hall–Kier alpha value is -2.45. The number of amides is 1. The van der Waals surface area contributed by atoms with E-state index in [4.69, 9.17) is 21.1 Å². The van der Waals surface area contributed by atoms with Crippen LogP contribution in [0.25, 0.3) is 0 Å². The van der Waals surface area contributed by atoms with Crippen molar-refractivity contribution in [3.8, 4) is 11.5 Å². The number of nitrogens with one attached hydrogen (secondary N) is 1. The molecule has 0 aliphatic heterocycles. The maximum atomic E-state index is 13.0. The number of methoxy groups -OCH3 is 2. The predicted molar refractivity (Wildman–Crippen MR) is 119 cm³/mol. The second-order valence-electron chi connectivity index (χ2n) is 6.80. The van der Waals surface area contributed by atoms with Crippen molar-refractivity contribution in [2.45, 2.75) is 32.4 Å². The smallest absolute Gasteiger partial charge is 0.244 e. The van der Waals surface area contributed by atoms with Crippen LogP contribution in [0.2, 0.25) is 5.02 Å². The van der Waals surface area contributed by atoms with Gasteiger partial charge in [-0.15, -0.1) is 0 Å². The van der Waals surface area contributed by atoms with Crippen LogP contribution in [0.1, 0.15) is 31.9 Å². The van der Waals surface area contributed by atoms with Crippen LogP contribution in [0.5, 0.6) is 11.5 Å². The number of nitrogens with zero attached hydrogens (tertiary/aromatic N) is 1. The topological polar surface area (TPSA) is 84.9 Å². The average molecular weight is 455 g/mol. The molecule has 7 nitrogen and oxygen atoms in total. The summed E-state index contributed by atoms with van der Waals surface area (Å²) in [4.78, 5) is 13.0. The number of sulfonamides is 1. The van der Waals surface area contributed by atoms with Crippen LogP contribution in [0.15, 0.2) is 42.5 Å². The minimum Gasteiger partial charge on any atom is -0.497 e. The van der Waals surface area contributed by atoms with E-state index in [2.05, 4.69) is 5.32 Å². The van der Waals surface area contributed by atoms with Crippen molar-refractivity contribution in [1.29, 1.82) is 0 Å². The van der Waals surface area contributed by atoms with Gasteiger partial charge in [-0.25, -0.2) is 8.42 Å². The van der Waals surface area contributed by atoms with Crippen molar-refractivity contribution in [2.75, 3.05) is 24.8 Å². The van der Waals surface area contributed by atoms with Gasteiger partial charge in [0.15, 0.2) is 0 Å². The van der Waals surface area contributed by atoms with Crippen molar-refractivity contribution in [3.63, 3.8) is 0 Å². The maximum Gasteiger partial charge on any atom is 0.244 e. The van der Waals surface area contributed by atoms with Crippen LogP contribution in [-0.4, -0.2) is 40.8 Å². The number of carbonyl (C=O) groups is 1. The van der Waals surface area contributed by atoms with Gasteiger partial charge >= 0.3 is 0 Å². The molecule has 0 aliphatic rings. The van der Waals surface area contributed by atoms with E-state index in [1.807, 2.05) is 31.2 Å². The first-order valence-electron chi connectivity index (χ1n) is 9.39. The van der Waals surface area contributed by atoms with Gasteiger partial charge in [0.25, 0.3) is 0 Å². The fourth-order valence-corrected chi connectivity index (χ4v) is 4.57. The molecule has 1 N–H and O–H groups in total. The summed E-state index contributed by atoms with van der Waals surface area (Å²) in [5.41, 5.74) is 1.18. The van der Waals surface area contributed by atoms with Gasteiger partial charge in [-0.05, 0) is 49.2 Å². The van der Waals surface area contributed by atoms with E-state index in [-0.39, 0.29) is 16.8 Å². The molecule has 0 saturated heterocycles. The Bertz CT molecular complexity index is 979. The molecule has 0 aromatic heterocycles. The first kappa shape index (κ1) is 23.8. The molecule has 2 aromatic carbocycles. The zero-order valence-corrected chi connectivity index (χ0v) is 19.3. The van der Waals surface area contributed by atoms with Crippen molar-refractivity contribution >= 4 is 33.2 Å². The summed E-state index contributed by atoms with van der Waals surface area (Å²) >= 11 is 6.16. The van der Waals surface area contributed by atoms with Crippen LogP contribution in [0.3, 0.4) is 0 Å². The van der Waals surface area contributed by atoms with E-state index in [0.29, 0.717) is 17.9 Å². The minimum atomic E-state index is -3.76. The van der Waals surface area contributed by atoms with Crippen LogP contribution in [0, 0.1) is 0 Å². The summed E-state index contributed by atoms with van der Waals surface area (Å²) in [6.45, 7) is 3.48. The van der Waals surface area contributed by atoms with Gasteiger partial charge in [0, 0.05) is 0 Å². The van der Waals surface area contributed by atoms with Gasteiger partial charge in [-0.1, -0.05) is 30.7 Å². The third-order valence-electron chi connectivity index (χ3n) is 4.72. The Morgan fingerprint density at radius 3 is 2.23 bits per heavy atom. The zero-order valence-electron chi connectivity index (χ0n) is 17.7. The molecule has 0 bridgehead atoms. The van der Waals surface area contributed by atoms with Gasteiger partial charge in [-0.3, -0.25) is 9.10 Å². The summed E-state index contributed by atoms with van der Waals surface area (Å²) in [6, 6.07) is 10.7. The van der Waals surface area contributed by atoms with Crippen LogP contribution in [-0.2, 0) is 14.8 Å². The predicted octanol–water partition coefficient (Wildman–Crippen LogP) is 3.78. The number of hydrogen-bond acceptors (Lipinski definition) is 5. The van der Waals surface area contributed by atoms with Gasteiger partial charge in [0.1, 0.15) is 17.5 Å². The molecule has 2 atom stereocenters. The van der Waals surface area contributed by atoms with E-state index in [1.165, 1.54) is 20.1 Å². The Balaban J connectivity index is 2.29. The lowest BCUT2D eigenvalue weighted by Gasteiger charge is -2.30. The van der Waals surface area contributed by atoms with E-state index in [0.717, 1.165) is 16.1 Å². The zero-order chi connectivity index (χ0) is 22.5. The Labute approximate surface area is 183 Å². The lowest BCUT2D eigenvalue weighted by Crippen LogP contribution is -2.48. The Morgan fingerprint density at radius 2 is 1.77 bits per heavy atom. The molecule has 0 radical (unpaired) electrons. The SMILES string of the molecule is CC[C@H](NC(=O)[C@@H](C)N(c1ccc(OC)c(Cl)c1)S(C)(=O)=O)c1ccc(OC)cc1. The fourth-order valence-electron chi connectivity index (χ4n) is 3.15. The Morgan fingerprint density at radius 1 is 1.13 bits per heavy atom. The number of anilines is 1. The molecule has 2 rings (SSSR count). The molecule has 0 aliphatic carbocycles. The molecule has 0 unspecified atom stereocenters. The van der Waals surface area contributed by atoms with E-state index in [9.17, 15) is 13.2 Å². The summed E-state index contributed by atoms with van der Waals surface area (Å²) in [7, 11) is -0.706. The molecule has 0 fully saturated rings. The first-order chi connectivity index (χ1) is 14.1. The second kappa shape index (κ2) is 10.0. The highest BCUT2D eigenvalue weighted by atomic mass is 35.5. The van der Waals surface area contributed by atoms with Crippen molar-refractivity contribution in [1.82, 2.24) is 5.32 Å². The fraction of sp³-hybridized carbons (Fsp3) is 0.381. The molecular weight excluding hydrogens is 428 g/mol. The number of halogens is 1. The molecule has 0 spiro atoms. The lowest BCUT2D eigenvalue weighted by atomic mass is 10.0. The first-order valence-corrected chi connectivity index (χ1v) is 11.6. The minimum absolute atomic E-state index is 0.251. The molecule has 9 heteroatoms. The van der Waals surface area contributed by atoms with Crippen LogP contribution in [0.4, 0.5) is 5.69 Å². The van der Waals surface area contributed by atoms with E-state index < -0.39 is 22.0 Å². The Kier molecular flexibility index (Phi) is 7.97. The lowest BCUT2D eigenvalue weighted by molar-refractivity contribution is -0.122. The third-order valence-corrected chi connectivity index (χ3v) is 6.26. The standard InChI is InChI=1S/C21H27ClN2O5S/c1-6-19(15-7-10-17(28-3)11-8-15)23-21(25)14(2)24(30(5,26)27)16-9-12-20(29-4)18(22)13-16/h7-14,19H,6H2,1-5H3,(H,23,25)/t14-,19+/m1/s1. The average Bonchev–Trinajstić information content (AvgIpc) is 2.71. The quantitative estimate of drug-likeness (QED) is 0.623. The summed E-state index contributed by atoms with van der Waals surface area (Å²) in [5, 5.41) is 3.19. The van der Waals surface area contributed by atoms with Crippen LogP contribution >= 0.6 is 11.6 Å². The summed E-state index contributed by atoms with van der Waals surface area (Å²) in [6.07, 6.45) is 1.69. The molecule has 1 amide bonds. The number of benzene rings is 2. The molecular formula is C21H27ClN2O5S.